The summed E-state index contributed by atoms with van der Waals surface area (Å²) in [6, 6.07) is 21.7. The molecule has 0 saturated carbocycles. The lowest BCUT2D eigenvalue weighted by Crippen LogP contribution is -2.67. The number of halogens is 1. The largest absolute Gasteiger partial charge is 0.493 e. The molecule has 4 aromatic rings. The molecule has 2 aliphatic heterocycles. The van der Waals surface area contributed by atoms with Crippen molar-refractivity contribution in [3.05, 3.63) is 94.1 Å². The van der Waals surface area contributed by atoms with E-state index in [1.807, 2.05) is 67.6 Å². The van der Waals surface area contributed by atoms with Crippen LogP contribution in [0.15, 0.2) is 66.7 Å². The molecule has 0 aliphatic carbocycles. The standard InChI is InChI=1S/C33H34ClN3O4/c1-4-17-41-27-14-11-22(18-28(27)40-3)25-19-37-29(38)20-36(16-15-21-9-12-23(34)13-10-21)32(39)33(37,2)31-30(25)24-7-5-6-8-26(24)35-31/h5-14,18,25,35H,4,15-17,19-20H2,1-3H3/t25-,33-/m0/s1. The summed E-state index contributed by atoms with van der Waals surface area (Å²) in [7, 11) is 1.64. The Morgan fingerprint density at radius 2 is 1.83 bits per heavy atom. The van der Waals surface area contributed by atoms with E-state index in [-0.39, 0.29) is 24.3 Å². The van der Waals surface area contributed by atoms with Crippen molar-refractivity contribution < 1.29 is 19.1 Å². The van der Waals surface area contributed by atoms with E-state index in [1.54, 1.807) is 16.9 Å². The summed E-state index contributed by atoms with van der Waals surface area (Å²) in [6.07, 6.45) is 1.54. The van der Waals surface area contributed by atoms with Gasteiger partial charge in [0, 0.05) is 34.9 Å². The molecule has 3 aromatic carbocycles. The van der Waals surface area contributed by atoms with E-state index in [4.69, 9.17) is 21.1 Å². The summed E-state index contributed by atoms with van der Waals surface area (Å²) in [6.45, 7) is 5.44. The number of fused-ring (bicyclic) bond motifs is 5. The molecule has 1 fully saturated rings. The number of nitrogens with one attached hydrogen (secondary N) is 1. The van der Waals surface area contributed by atoms with Gasteiger partial charge in [0.1, 0.15) is 0 Å². The SMILES string of the molecule is CCCOc1ccc([C@@H]2CN3C(=O)CN(CCc4ccc(Cl)cc4)C(=O)[C@]3(C)c3[nH]c4ccccc4c32)cc1OC. The Bertz CT molecular complexity index is 1610. The van der Waals surface area contributed by atoms with Gasteiger partial charge in [0.15, 0.2) is 17.0 Å². The van der Waals surface area contributed by atoms with Gasteiger partial charge in [-0.25, -0.2) is 0 Å². The highest BCUT2D eigenvalue weighted by Crippen LogP contribution is 2.49. The van der Waals surface area contributed by atoms with Crippen LogP contribution in [0.3, 0.4) is 0 Å². The second kappa shape index (κ2) is 10.8. The number of methoxy groups -OCH3 is 1. The molecule has 0 spiro atoms. The van der Waals surface area contributed by atoms with Crippen LogP contribution in [0, 0.1) is 0 Å². The molecule has 1 N–H and O–H groups in total. The maximum Gasteiger partial charge on any atom is 0.254 e. The van der Waals surface area contributed by atoms with Crippen molar-refractivity contribution >= 4 is 34.3 Å². The number of carbonyl (C=O) groups is 2. The van der Waals surface area contributed by atoms with Crippen LogP contribution in [0.2, 0.25) is 5.02 Å². The third kappa shape index (κ3) is 4.62. The Morgan fingerprint density at radius 3 is 2.59 bits per heavy atom. The van der Waals surface area contributed by atoms with Crippen LogP contribution in [-0.4, -0.2) is 59.9 Å². The summed E-state index contributed by atoms with van der Waals surface area (Å²) in [5.41, 5.74) is 3.69. The second-order valence-corrected chi connectivity index (χ2v) is 11.4. The van der Waals surface area contributed by atoms with Gasteiger partial charge in [-0.2, -0.15) is 0 Å². The molecule has 2 atom stereocenters. The highest BCUT2D eigenvalue weighted by Gasteiger charge is 2.56. The predicted molar refractivity (Wildman–Crippen MR) is 160 cm³/mol. The molecule has 1 saturated heterocycles. The molecular formula is C33H34ClN3O4. The molecular weight excluding hydrogens is 538 g/mol. The molecule has 0 radical (unpaired) electrons. The van der Waals surface area contributed by atoms with Crippen molar-refractivity contribution in [2.24, 2.45) is 0 Å². The lowest BCUT2D eigenvalue weighted by molar-refractivity contribution is -0.166. The van der Waals surface area contributed by atoms with Gasteiger partial charge in [-0.1, -0.05) is 54.9 Å². The minimum absolute atomic E-state index is 0.0530. The number of nitrogens with zero attached hydrogens (tertiary/aromatic N) is 2. The van der Waals surface area contributed by atoms with Gasteiger partial charge < -0.3 is 24.3 Å². The van der Waals surface area contributed by atoms with Crippen molar-refractivity contribution in [2.75, 3.05) is 33.4 Å². The Labute approximate surface area is 245 Å². The number of amides is 2. The normalized spacial score (nSPS) is 20.2. The molecule has 41 heavy (non-hydrogen) atoms. The van der Waals surface area contributed by atoms with E-state index in [0.717, 1.165) is 39.7 Å². The van der Waals surface area contributed by atoms with Crippen LogP contribution in [0.5, 0.6) is 11.5 Å². The molecule has 0 unspecified atom stereocenters. The van der Waals surface area contributed by atoms with Crippen LogP contribution in [0.25, 0.3) is 10.9 Å². The van der Waals surface area contributed by atoms with E-state index in [0.29, 0.717) is 42.6 Å². The molecule has 3 heterocycles. The average Bonchev–Trinajstić information content (AvgIpc) is 3.39. The zero-order chi connectivity index (χ0) is 28.7. The number of para-hydroxylation sites is 1. The van der Waals surface area contributed by atoms with Crippen LogP contribution in [0.1, 0.15) is 48.6 Å². The topological polar surface area (TPSA) is 74.9 Å². The quantitative estimate of drug-likeness (QED) is 0.286. The zero-order valence-corrected chi connectivity index (χ0v) is 24.3. The van der Waals surface area contributed by atoms with Gasteiger partial charge in [-0.05, 0) is 66.8 Å². The number of H-pyrrole nitrogens is 1. The molecule has 7 nitrogen and oxygen atoms in total. The number of hydrogen-bond donors (Lipinski definition) is 1. The van der Waals surface area contributed by atoms with E-state index in [2.05, 4.69) is 18.0 Å². The summed E-state index contributed by atoms with van der Waals surface area (Å²) in [5.74, 6) is 1.06. The summed E-state index contributed by atoms with van der Waals surface area (Å²) >= 11 is 6.05. The summed E-state index contributed by atoms with van der Waals surface area (Å²) < 4.78 is 11.6. The molecule has 8 heteroatoms. The second-order valence-electron chi connectivity index (χ2n) is 11.0. The summed E-state index contributed by atoms with van der Waals surface area (Å²) in [4.78, 5) is 35.1. The molecule has 212 valence electrons. The van der Waals surface area contributed by atoms with Crippen molar-refractivity contribution in [3.8, 4) is 11.5 Å². The van der Waals surface area contributed by atoms with Crippen LogP contribution in [-0.2, 0) is 21.5 Å². The summed E-state index contributed by atoms with van der Waals surface area (Å²) in [5, 5.41) is 1.72. The number of rotatable bonds is 8. The van der Waals surface area contributed by atoms with Crippen molar-refractivity contribution in [3.63, 3.8) is 0 Å². The van der Waals surface area contributed by atoms with Crippen LogP contribution >= 0.6 is 11.6 Å². The van der Waals surface area contributed by atoms with Crippen molar-refractivity contribution in [1.29, 1.82) is 0 Å². The number of aromatic nitrogens is 1. The number of carbonyl (C=O) groups excluding carboxylic acids is 2. The first-order chi connectivity index (χ1) is 19.8. The fourth-order valence-corrected chi connectivity index (χ4v) is 6.43. The average molecular weight is 572 g/mol. The third-order valence-corrected chi connectivity index (χ3v) is 8.70. The third-order valence-electron chi connectivity index (χ3n) is 8.45. The van der Waals surface area contributed by atoms with E-state index in [1.165, 1.54) is 0 Å². The maximum atomic E-state index is 14.3. The number of piperazine rings is 1. The maximum absolute atomic E-state index is 14.3. The molecule has 0 bridgehead atoms. The molecule has 6 rings (SSSR count). The monoisotopic (exact) mass is 571 g/mol. The van der Waals surface area contributed by atoms with Gasteiger partial charge in [-0.3, -0.25) is 9.59 Å². The zero-order valence-electron chi connectivity index (χ0n) is 23.6. The first kappa shape index (κ1) is 27.2. The smallest absolute Gasteiger partial charge is 0.254 e. The van der Waals surface area contributed by atoms with Gasteiger partial charge >= 0.3 is 0 Å². The van der Waals surface area contributed by atoms with Crippen molar-refractivity contribution in [1.82, 2.24) is 14.8 Å². The lowest BCUT2D eigenvalue weighted by atomic mass is 9.76. The van der Waals surface area contributed by atoms with Crippen LogP contribution in [0.4, 0.5) is 0 Å². The number of hydrogen-bond acceptors (Lipinski definition) is 4. The number of ether oxygens (including phenoxy) is 2. The van der Waals surface area contributed by atoms with Crippen LogP contribution < -0.4 is 9.47 Å². The molecule has 2 amide bonds. The predicted octanol–water partition coefficient (Wildman–Crippen LogP) is 5.89. The first-order valence-electron chi connectivity index (χ1n) is 14.1. The van der Waals surface area contributed by atoms with E-state index >= 15 is 0 Å². The number of aromatic amines is 1. The van der Waals surface area contributed by atoms with E-state index in [9.17, 15) is 9.59 Å². The molecule has 1 aromatic heterocycles. The van der Waals surface area contributed by atoms with Gasteiger partial charge in [0.25, 0.3) is 5.91 Å². The van der Waals surface area contributed by atoms with Crippen molar-refractivity contribution in [2.45, 2.75) is 38.1 Å². The highest BCUT2D eigenvalue weighted by atomic mass is 35.5. The minimum Gasteiger partial charge on any atom is -0.493 e. The highest BCUT2D eigenvalue weighted by molar-refractivity contribution is 6.30. The van der Waals surface area contributed by atoms with Gasteiger partial charge in [-0.15, -0.1) is 0 Å². The molecule has 2 aliphatic rings. The Kier molecular flexibility index (Phi) is 7.16. The minimum atomic E-state index is -1.14. The first-order valence-corrected chi connectivity index (χ1v) is 14.5. The van der Waals surface area contributed by atoms with Gasteiger partial charge in [0.2, 0.25) is 5.91 Å². The Hall–Kier alpha value is -3.97. The van der Waals surface area contributed by atoms with Gasteiger partial charge in [0.05, 0.1) is 26.0 Å². The fourth-order valence-electron chi connectivity index (χ4n) is 6.30. The fraction of sp³-hybridized carbons (Fsp3) is 0.333. The number of benzene rings is 3. The Morgan fingerprint density at radius 1 is 1.05 bits per heavy atom. The Balaban J connectivity index is 1.41. The van der Waals surface area contributed by atoms with E-state index < -0.39 is 5.54 Å². The lowest BCUT2D eigenvalue weighted by Gasteiger charge is -2.51.